The van der Waals surface area contributed by atoms with Crippen molar-refractivity contribution < 1.29 is 13.2 Å². The van der Waals surface area contributed by atoms with E-state index in [1.54, 1.807) is 17.1 Å². The molecule has 1 N–H and O–H groups in total. The number of rotatable bonds is 3. The van der Waals surface area contributed by atoms with Gasteiger partial charge in [-0.05, 0) is 13.0 Å². The van der Waals surface area contributed by atoms with Gasteiger partial charge in [0.05, 0.1) is 29.3 Å². The molecule has 24 heavy (non-hydrogen) atoms. The number of nitrogens with one attached hydrogen (secondary N) is 1. The average molecular weight is 350 g/mol. The second kappa shape index (κ2) is 6.23. The third-order valence-corrected chi connectivity index (χ3v) is 5.71. The molecule has 1 amide bonds. The number of pyridine rings is 1. The standard InChI is InChI=1S/C15H18N4O4S/c1-2-18-9-12(8-17-18)13-10-24(22,23)6-5-19(13)15(21)11-3-4-14(20)16-7-11/h3-4,7-9,13H,2,5-6,10H2,1H3,(H,16,20)/t13-/m1/s1. The molecule has 0 radical (unpaired) electrons. The molecule has 0 aromatic carbocycles. The molecule has 1 fully saturated rings. The van der Waals surface area contributed by atoms with Crippen LogP contribution >= 0.6 is 0 Å². The van der Waals surface area contributed by atoms with Gasteiger partial charge in [0.1, 0.15) is 0 Å². The number of aromatic nitrogens is 3. The molecule has 8 nitrogen and oxygen atoms in total. The van der Waals surface area contributed by atoms with E-state index in [0.717, 1.165) is 0 Å². The highest BCUT2D eigenvalue weighted by Crippen LogP contribution is 2.28. The van der Waals surface area contributed by atoms with Crippen LogP contribution in [-0.4, -0.2) is 52.0 Å². The van der Waals surface area contributed by atoms with Gasteiger partial charge in [-0.25, -0.2) is 8.42 Å². The molecule has 0 bridgehead atoms. The highest BCUT2D eigenvalue weighted by Gasteiger charge is 2.36. The first kappa shape index (κ1) is 16.4. The number of carbonyl (C=O) groups excluding carboxylic acids is 1. The first-order valence-corrected chi connectivity index (χ1v) is 9.44. The van der Waals surface area contributed by atoms with Gasteiger partial charge in [-0.1, -0.05) is 0 Å². The minimum Gasteiger partial charge on any atom is -0.329 e. The maximum Gasteiger partial charge on any atom is 0.255 e. The van der Waals surface area contributed by atoms with Crippen molar-refractivity contribution in [2.75, 3.05) is 18.1 Å². The predicted molar refractivity (Wildman–Crippen MR) is 87.4 cm³/mol. The number of hydrogen-bond acceptors (Lipinski definition) is 5. The van der Waals surface area contributed by atoms with Gasteiger partial charge in [0.15, 0.2) is 9.84 Å². The Morgan fingerprint density at radius 3 is 2.83 bits per heavy atom. The lowest BCUT2D eigenvalue weighted by atomic mass is 10.1. The molecule has 9 heteroatoms. The molecule has 1 aliphatic rings. The van der Waals surface area contributed by atoms with E-state index in [2.05, 4.69) is 10.1 Å². The molecule has 0 spiro atoms. The lowest BCUT2D eigenvalue weighted by Gasteiger charge is -2.35. The number of carbonyl (C=O) groups is 1. The van der Waals surface area contributed by atoms with Crippen molar-refractivity contribution in [1.29, 1.82) is 0 Å². The summed E-state index contributed by atoms with van der Waals surface area (Å²) in [6.45, 7) is 2.70. The molecular weight excluding hydrogens is 332 g/mol. The molecule has 3 rings (SSSR count). The zero-order valence-corrected chi connectivity index (χ0v) is 14.0. The largest absolute Gasteiger partial charge is 0.329 e. The number of H-pyrrole nitrogens is 1. The van der Waals surface area contributed by atoms with Crippen LogP contribution < -0.4 is 5.56 Å². The van der Waals surface area contributed by atoms with E-state index in [9.17, 15) is 18.0 Å². The van der Waals surface area contributed by atoms with Gasteiger partial charge in [-0.3, -0.25) is 14.3 Å². The van der Waals surface area contributed by atoms with Gasteiger partial charge in [-0.2, -0.15) is 5.10 Å². The van der Waals surface area contributed by atoms with Crippen LogP contribution in [0.3, 0.4) is 0 Å². The average Bonchev–Trinajstić information content (AvgIpc) is 3.03. The molecule has 0 aliphatic carbocycles. The molecule has 0 saturated carbocycles. The normalized spacial score (nSPS) is 20.0. The summed E-state index contributed by atoms with van der Waals surface area (Å²) in [5, 5.41) is 4.17. The summed E-state index contributed by atoms with van der Waals surface area (Å²) in [6.07, 6.45) is 4.71. The van der Waals surface area contributed by atoms with Crippen molar-refractivity contribution >= 4 is 15.7 Å². The molecular formula is C15H18N4O4S. The molecule has 1 aliphatic heterocycles. The topological polar surface area (TPSA) is 105 Å². The van der Waals surface area contributed by atoms with Gasteiger partial charge in [0.2, 0.25) is 5.56 Å². The van der Waals surface area contributed by atoms with Crippen LogP contribution in [0, 0.1) is 0 Å². The van der Waals surface area contributed by atoms with E-state index in [4.69, 9.17) is 0 Å². The van der Waals surface area contributed by atoms with Crippen LogP contribution in [0.4, 0.5) is 0 Å². The van der Waals surface area contributed by atoms with Crippen LogP contribution in [0.1, 0.15) is 28.9 Å². The third kappa shape index (κ3) is 3.25. The fraction of sp³-hybridized carbons (Fsp3) is 0.400. The highest BCUT2D eigenvalue weighted by molar-refractivity contribution is 7.91. The maximum absolute atomic E-state index is 12.8. The Kier molecular flexibility index (Phi) is 4.27. The molecule has 1 atom stereocenters. The minimum absolute atomic E-state index is 0.0689. The predicted octanol–water partition coefficient (Wildman–Crippen LogP) is 0.203. The molecule has 128 valence electrons. The van der Waals surface area contributed by atoms with Crippen molar-refractivity contribution in [1.82, 2.24) is 19.7 Å². The van der Waals surface area contributed by atoms with E-state index < -0.39 is 15.9 Å². The zero-order chi connectivity index (χ0) is 17.3. The van der Waals surface area contributed by atoms with Crippen LogP contribution in [0.25, 0.3) is 0 Å². The summed E-state index contributed by atoms with van der Waals surface area (Å²) in [5.41, 5.74) is 0.716. The quantitative estimate of drug-likeness (QED) is 0.851. The Labute approximate surface area is 139 Å². The number of nitrogens with zero attached hydrogens (tertiary/aromatic N) is 3. The maximum atomic E-state index is 12.8. The smallest absolute Gasteiger partial charge is 0.255 e. The Morgan fingerprint density at radius 2 is 2.21 bits per heavy atom. The van der Waals surface area contributed by atoms with Gasteiger partial charge in [-0.15, -0.1) is 0 Å². The number of aryl methyl sites for hydroxylation is 1. The summed E-state index contributed by atoms with van der Waals surface area (Å²) in [6, 6.07) is 2.14. The molecule has 1 saturated heterocycles. The van der Waals surface area contributed by atoms with Crippen molar-refractivity contribution in [3.8, 4) is 0 Å². The van der Waals surface area contributed by atoms with Crippen LogP contribution in [0.2, 0.25) is 0 Å². The Balaban J connectivity index is 1.95. The van der Waals surface area contributed by atoms with E-state index in [0.29, 0.717) is 17.7 Å². The second-order valence-corrected chi connectivity index (χ2v) is 7.93. The Morgan fingerprint density at radius 1 is 1.42 bits per heavy atom. The summed E-state index contributed by atoms with van der Waals surface area (Å²) in [7, 11) is -3.22. The summed E-state index contributed by atoms with van der Waals surface area (Å²) in [4.78, 5) is 27.9. The summed E-state index contributed by atoms with van der Waals surface area (Å²) in [5.74, 6) is -0.506. The zero-order valence-electron chi connectivity index (χ0n) is 13.2. The lowest BCUT2D eigenvalue weighted by molar-refractivity contribution is 0.0697. The lowest BCUT2D eigenvalue weighted by Crippen LogP contribution is -2.46. The highest BCUT2D eigenvalue weighted by atomic mass is 32.2. The van der Waals surface area contributed by atoms with Crippen LogP contribution in [-0.2, 0) is 16.4 Å². The van der Waals surface area contributed by atoms with Crippen molar-refractivity contribution in [2.45, 2.75) is 19.5 Å². The first-order chi connectivity index (χ1) is 11.4. The SMILES string of the molecule is CCn1cc([C@H]2CS(=O)(=O)CCN2C(=O)c2ccc(=O)[nH]c2)cn1. The number of hydrogen-bond donors (Lipinski definition) is 1. The van der Waals surface area contributed by atoms with Gasteiger partial charge in [0, 0.05) is 37.1 Å². The van der Waals surface area contributed by atoms with Crippen LogP contribution in [0.15, 0.2) is 35.5 Å². The van der Waals surface area contributed by atoms with E-state index in [-0.39, 0.29) is 29.5 Å². The van der Waals surface area contributed by atoms with E-state index in [1.807, 2.05) is 6.92 Å². The monoisotopic (exact) mass is 350 g/mol. The Bertz CT molecular complexity index is 895. The Hall–Kier alpha value is -2.42. The van der Waals surface area contributed by atoms with Gasteiger partial charge in [0.25, 0.3) is 5.91 Å². The third-order valence-electron chi connectivity index (χ3n) is 4.09. The molecule has 3 heterocycles. The van der Waals surface area contributed by atoms with E-state index >= 15 is 0 Å². The number of sulfone groups is 1. The molecule has 2 aromatic heterocycles. The van der Waals surface area contributed by atoms with Crippen LogP contribution in [0.5, 0.6) is 0 Å². The molecule has 2 aromatic rings. The fourth-order valence-corrected chi connectivity index (χ4v) is 4.26. The van der Waals surface area contributed by atoms with E-state index in [1.165, 1.54) is 23.2 Å². The number of aromatic amines is 1. The summed E-state index contributed by atoms with van der Waals surface area (Å²) >= 11 is 0. The van der Waals surface area contributed by atoms with Gasteiger partial charge >= 0.3 is 0 Å². The summed E-state index contributed by atoms with van der Waals surface area (Å²) < 4.78 is 25.8. The van der Waals surface area contributed by atoms with Crippen molar-refractivity contribution in [2.24, 2.45) is 0 Å². The van der Waals surface area contributed by atoms with Crippen molar-refractivity contribution in [3.63, 3.8) is 0 Å². The number of amides is 1. The molecule has 0 unspecified atom stereocenters. The van der Waals surface area contributed by atoms with Crippen molar-refractivity contribution in [3.05, 3.63) is 52.2 Å². The fourth-order valence-electron chi connectivity index (χ4n) is 2.76. The minimum atomic E-state index is -3.22. The second-order valence-electron chi connectivity index (χ2n) is 5.70. The first-order valence-electron chi connectivity index (χ1n) is 7.62. The van der Waals surface area contributed by atoms with Gasteiger partial charge < -0.3 is 9.88 Å².